The lowest BCUT2D eigenvalue weighted by Crippen LogP contribution is -2.15. The zero-order valence-corrected chi connectivity index (χ0v) is 8.53. The Kier molecular flexibility index (Phi) is 2.88. The molecule has 0 amide bonds. The van der Waals surface area contributed by atoms with E-state index in [0.717, 1.165) is 5.56 Å². The van der Waals surface area contributed by atoms with Crippen LogP contribution in [0, 0.1) is 5.82 Å². The molecule has 0 saturated carbocycles. The number of nitrogens with one attached hydrogen (secondary N) is 1. The molecule has 0 spiro atoms. The molecular formula is C11H14FNO2. The number of aliphatic hydroxyl groups is 1. The third kappa shape index (κ3) is 2.11. The molecule has 1 saturated heterocycles. The molecule has 82 valence electrons. The van der Waals surface area contributed by atoms with Crippen LogP contribution >= 0.6 is 0 Å². The highest BCUT2D eigenvalue weighted by Crippen LogP contribution is 2.31. The van der Waals surface area contributed by atoms with Crippen molar-refractivity contribution in [2.75, 3.05) is 13.7 Å². The number of aliphatic hydroxyl groups excluding tert-OH is 1. The highest BCUT2D eigenvalue weighted by Gasteiger charge is 2.26. The molecule has 2 N–H and O–H groups in total. The number of hydrogen-bond donors (Lipinski definition) is 2. The number of β-amino-alcohol motifs (C(OH)–C–C–N with tert-alkyl or cyclic N) is 1. The first kappa shape index (κ1) is 10.4. The molecule has 1 aromatic rings. The molecule has 0 aliphatic carbocycles. The first-order chi connectivity index (χ1) is 7.20. The van der Waals surface area contributed by atoms with Gasteiger partial charge in [-0.25, -0.2) is 4.39 Å². The first-order valence-electron chi connectivity index (χ1n) is 4.95. The third-order valence-corrected chi connectivity index (χ3v) is 2.67. The molecule has 0 bridgehead atoms. The Morgan fingerprint density at radius 1 is 1.53 bits per heavy atom. The number of methoxy groups -OCH3 is 1. The summed E-state index contributed by atoms with van der Waals surface area (Å²) in [6.45, 7) is 0.546. The second-order valence-corrected chi connectivity index (χ2v) is 3.74. The molecule has 2 atom stereocenters. The Morgan fingerprint density at radius 3 is 2.93 bits per heavy atom. The summed E-state index contributed by atoms with van der Waals surface area (Å²) < 4.78 is 18.2. The SMILES string of the molecule is COc1ccc(F)cc1[C@@H]1C[C@H](O)CN1. The van der Waals surface area contributed by atoms with Gasteiger partial charge in [-0.2, -0.15) is 0 Å². The van der Waals surface area contributed by atoms with Crippen molar-refractivity contribution in [3.05, 3.63) is 29.6 Å². The van der Waals surface area contributed by atoms with E-state index in [1.807, 2.05) is 0 Å². The van der Waals surface area contributed by atoms with Crippen LogP contribution in [0.4, 0.5) is 4.39 Å². The Balaban J connectivity index is 2.29. The minimum atomic E-state index is -0.358. The van der Waals surface area contributed by atoms with Crippen LogP contribution in [0.2, 0.25) is 0 Å². The van der Waals surface area contributed by atoms with Gasteiger partial charge in [-0.1, -0.05) is 0 Å². The molecule has 1 aliphatic rings. The second-order valence-electron chi connectivity index (χ2n) is 3.74. The van der Waals surface area contributed by atoms with Crippen LogP contribution in [0.1, 0.15) is 18.0 Å². The Labute approximate surface area is 87.9 Å². The number of halogens is 1. The molecule has 1 heterocycles. The van der Waals surface area contributed by atoms with Gasteiger partial charge < -0.3 is 15.2 Å². The van der Waals surface area contributed by atoms with Crippen molar-refractivity contribution < 1.29 is 14.2 Å². The lowest BCUT2D eigenvalue weighted by molar-refractivity contribution is 0.193. The highest BCUT2D eigenvalue weighted by atomic mass is 19.1. The fourth-order valence-electron chi connectivity index (χ4n) is 1.93. The lowest BCUT2D eigenvalue weighted by atomic mass is 10.0. The minimum Gasteiger partial charge on any atom is -0.496 e. The molecule has 2 rings (SSSR count). The van der Waals surface area contributed by atoms with Crippen molar-refractivity contribution in [2.45, 2.75) is 18.6 Å². The van der Waals surface area contributed by atoms with Crippen LogP contribution in [0.5, 0.6) is 5.75 Å². The summed E-state index contributed by atoms with van der Waals surface area (Å²) in [6, 6.07) is 4.41. The fraction of sp³-hybridized carbons (Fsp3) is 0.455. The second kappa shape index (κ2) is 4.16. The third-order valence-electron chi connectivity index (χ3n) is 2.67. The number of benzene rings is 1. The van der Waals surface area contributed by atoms with E-state index in [1.54, 1.807) is 13.2 Å². The van der Waals surface area contributed by atoms with E-state index in [4.69, 9.17) is 4.74 Å². The van der Waals surface area contributed by atoms with E-state index >= 15 is 0 Å². The van der Waals surface area contributed by atoms with Crippen LogP contribution in [0.25, 0.3) is 0 Å². The van der Waals surface area contributed by atoms with E-state index in [0.29, 0.717) is 18.7 Å². The summed E-state index contributed by atoms with van der Waals surface area (Å²) in [5.74, 6) is 0.372. The molecule has 1 aliphatic heterocycles. The van der Waals surface area contributed by atoms with E-state index in [-0.39, 0.29) is 18.0 Å². The molecule has 1 aromatic carbocycles. The molecule has 0 unspecified atom stereocenters. The molecule has 15 heavy (non-hydrogen) atoms. The number of hydrogen-bond acceptors (Lipinski definition) is 3. The lowest BCUT2D eigenvalue weighted by Gasteiger charge is -2.14. The molecule has 1 fully saturated rings. The average molecular weight is 211 g/mol. The maximum atomic E-state index is 13.1. The first-order valence-corrected chi connectivity index (χ1v) is 4.95. The van der Waals surface area contributed by atoms with Crippen molar-refractivity contribution in [2.24, 2.45) is 0 Å². The van der Waals surface area contributed by atoms with E-state index < -0.39 is 0 Å². The van der Waals surface area contributed by atoms with Crippen LogP contribution < -0.4 is 10.1 Å². The van der Waals surface area contributed by atoms with Gasteiger partial charge in [0.2, 0.25) is 0 Å². The molecule has 0 radical (unpaired) electrons. The molecule has 3 nitrogen and oxygen atoms in total. The summed E-state index contributed by atoms with van der Waals surface area (Å²) in [4.78, 5) is 0. The number of ether oxygens (including phenoxy) is 1. The van der Waals surface area contributed by atoms with Crippen molar-refractivity contribution in [1.29, 1.82) is 0 Å². The van der Waals surface area contributed by atoms with Gasteiger partial charge >= 0.3 is 0 Å². The molecule has 4 heteroatoms. The topological polar surface area (TPSA) is 41.5 Å². The summed E-state index contributed by atoms with van der Waals surface area (Å²) in [5, 5.41) is 12.5. The van der Waals surface area contributed by atoms with Gasteiger partial charge in [-0.05, 0) is 24.6 Å². The standard InChI is InChI=1S/C11H14FNO2/c1-15-11-3-2-7(12)4-9(11)10-5-8(14)6-13-10/h2-4,8,10,13-14H,5-6H2,1H3/t8-,10-/m0/s1. The quantitative estimate of drug-likeness (QED) is 0.773. The smallest absolute Gasteiger partial charge is 0.123 e. The Morgan fingerprint density at radius 2 is 2.33 bits per heavy atom. The van der Waals surface area contributed by atoms with Crippen LogP contribution in [0.15, 0.2) is 18.2 Å². The summed E-state index contributed by atoms with van der Waals surface area (Å²) >= 11 is 0. The van der Waals surface area contributed by atoms with Crippen molar-refractivity contribution >= 4 is 0 Å². The van der Waals surface area contributed by atoms with Gasteiger partial charge in [-0.15, -0.1) is 0 Å². The maximum Gasteiger partial charge on any atom is 0.123 e. The summed E-state index contributed by atoms with van der Waals surface area (Å²) in [6.07, 6.45) is 0.239. The highest BCUT2D eigenvalue weighted by molar-refractivity contribution is 5.37. The number of rotatable bonds is 2. The van der Waals surface area contributed by atoms with E-state index in [2.05, 4.69) is 5.32 Å². The fourth-order valence-corrected chi connectivity index (χ4v) is 1.93. The summed E-state index contributed by atoms with van der Waals surface area (Å²) in [7, 11) is 1.56. The summed E-state index contributed by atoms with van der Waals surface area (Å²) in [5.41, 5.74) is 0.772. The van der Waals surface area contributed by atoms with Crippen molar-refractivity contribution in [3.63, 3.8) is 0 Å². The Bertz CT molecular complexity index is 356. The van der Waals surface area contributed by atoms with Crippen molar-refractivity contribution in [3.8, 4) is 5.75 Å². The molecular weight excluding hydrogens is 197 g/mol. The Hall–Kier alpha value is -1.13. The zero-order valence-electron chi connectivity index (χ0n) is 8.53. The van der Waals surface area contributed by atoms with Gasteiger partial charge in [0.1, 0.15) is 11.6 Å². The van der Waals surface area contributed by atoms with E-state index in [9.17, 15) is 9.50 Å². The van der Waals surface area contributed by atoms with Gasteiger partial charge in [0.05, 0.1) is 13.2 Å². The predicted octanol–water partition coefficient (Wildman–Crippen LogP) is 1.23. The van der Waals surface area contributed by atoms with E-state index in [1.165, 1.54) is 12.1 Å². The monoisotopic (exact) mass is 211 g/mol. The zero-order chi connectivity index (χ0) is 10.8. The average Bonchev–Trinajstić information content (AvgIpc) is 2.65. The van der Waals surface area contributed by atoms with Gasteiger partial charge in [-0.3, -0.25) is 0 Å². The molecule has 0 aromatic heterocycles. The normalized spacial score (nSPS) is 25.5. The maximum absolute atomic E-state index is 13.1. The predicted molar refractivity (Wildman–Crippen MR) is 54.3 cm³/mol. The van der Waals surface area contributed by atoms with Gasteiger partial charge in [0.25, 0.3) is 0 Å². The minimum absolute atomic E-state index is 0.0225. The van der Waals surface area contributed by atoms with Crippen LogP contribution in [-0.2, 0) is 0 Å². The van der Waals surface area contributed by atoms with Gasteiger partial charge in [0, 0.05) is 18.2 Å². The van der Waals surface area contributed by atoms with Crippen molar-refractivity contribution in [1.82, 2.24) is 5.32 Å². The largest absolute Gasteiger partial charge is 0.496 e. The van der Waals surface area contributed by atoms with Crippen LogP contribution in [0.3, 0.4) is 0 Å². The van der Waals surface area contributed by atoms with Crippen LogP contribution in [-0.4, -0.2) is 24.9 Å². The van der Waals surface area contributed by atoms with Gasteiger partial charge in [0.15, 0.2) is 0 Å².